The van der Waals surface area contributed by atoms with Crippen molar-refractivity contribution in [3.8, 4) is 5.69 Å². The van der Waals surface area contributed by atoms with Gasteiger partial charge in [0.05, 0.1) is 11.3 Å². The maximum atomic E-state index is 12.5. The molecule has 2 aromatic rings. The van der Waals surface area contributed by atoms with Gasteiger partial charge in [0.1, 0.15) is 5.56 Å². The molecule has 0 atom stereocenters. The van der Waals surface area contributed by atoms with Crippen LogP contribution in [0.15, 0.2) is 30.5 Å². The predicted octanol–water partition coefficient (Wildman–Crippen LogP) is 2.47. The average Bonchev–Trinajstić information content (AvgIpc) is 2.75. The van der Waals surface area contributed by atoms with Crippen LogP contribution in [0, 0.1) is 0 Å². The number of aromatic nitrogens is 1. The number of hydrogen-bond acceptors (Lipinski definition) is 3. The minimum Gasteiger partial charge on any atom is -0.478 e. The lowest BCUT2D eigenvalue weighted by atomic mass is 10.2. The van der Waals surface area contributed by atoms with Gasteiger partial charge in [0.2, 0.25) is 0 Å². The Morgan fingerprint density at radius 3 is 2.00 bits per heavy atom. The van der Waals surface area contributed by atoms with E-state index in [1.807, 2.05) is 0 Å². The van der Waals surface area contributed by atoms with E-state index in [2.05, 4.69) is 0 Å². The monoisotopic (exact) mass is 314 g/mol. The van der Waals surface area contributed by atoms with Crippen molar-refractivity contribution < 1.29 is 33.0 Å². The van der Waals surface area contributed by atoms with Crippen LogP contribution in [0.4, 0.5) is 18.9 Å². The highest BCUT2D eigenvalue weighted by atomic mass is 19.4. The SMILES string of the molecule is Nc1c(C(=O)O)cn(-c2ccc(C(F)(F)F)cc2)c1C(=O)O. The molecule has 0 radical (unpaired) electrons. The van der Waals surface area contributed by atoms with Crippen molar-refractivity contribution in [2.24, 2.45) is 0 Å². The number of hydrogen-bond donors (Lipinski definition) is 3. The summed E-state index contributed by atoms with van der Waals surface area (Å²) in [7, 11) is 0. The van der Waals surface area contributed by atoms with Crippen LogP contribution in [-0.2, 0) is 6.18 Å². The van der Waals surface area contributed by atoms with Gasteiger partial charge < -0.3 is 20.5 Å². The first-order chi connectivity index (χ1) is 10.1. The van der Waals surface area contributed by atoms with Gasteiger partial charge in [0.25, 0.3) is 0 Å². The molecule has 0 spiro atoms. The molecule has 9 heteroatoms. The third kappa shape index (κ3) is 2.60. The Bertz CT molecular complexity index is 748. The topological polar surface area (TPSA) is 106 Å². The lowest BCUT2D eigenvalue weighted by Gasteiger charge is -2.10. The fourth-order valence-corrected chi connectivity index (χ4v) is 1.92. The molecule has 0 saturated carbocycles. The van der Waals surface area contributed by atoms with Crippen LogP contribution in [0.3, 0.4) is 0 Å². The van der Waals surface area contributed by atoms with Gasteiger partial charge in [-0.25, -0.2) is 9.59 Å². The summed E-state index contributed by atoms with van der Waals surface area (Å²) in [6.07, 6.45) is -3.58. The molecule has 6 nitrogen and oxygen atoms in total. The van der Waals surface area contributed by atoms with Gasteiger partial charge in [0, 0.05) is 11.9 Å². The summed E-state index contributed by atoms with van der Waals surface area (Å²) in [5, 5.41) is 18.1. The molecule has 0 saturated heterocycles. The van der Waals surface area contributed by atoms with Gasteiger partial charge in [-0.1, -0.05) is 0 Å². The van der Waals surface area contributed by atoms with Crippen LogP contribution in [0.1, 0.15) is 26.4 Å². The largest absolute Gasteiger partial charge is 0.478 e. The average molecular weight is 314 g/mol. The Balaban J connectivity index is 2.59. The van der Waals surface area contributed by atoms with Crippen LogP contribution < -0.4 is 5.73 Å². The van der Waals surface area contributed by atoms with Crippen LogP contribution in [0.25, 0.3) is 5.69 Å². The molecule has 0 aliphatic heterocycles. The minimum atomic E-state index is -4.53. The number of carbonyl (C=O) groups is 2. The Morgan fingerprint density at radius 2 is 1.59 bits per heavy atom. The second kappa shape index (κ2) is 5.10. The Kier molecular flexibility index (Phi) is 3.57. The van der Waals surface area contributed by atoms with Crippen LogP contribution in [0.5, 0.6) is 0 Å². The molecule has 22 heavy (non-hydrogen) atoms. The van der Waals surface area contributed by atoms with Gasteiger partial charge in [-0.2, -0.15) is 13.2 Å². The molecule has 0 aliphatic carbocycles. The molecule has 1 aromatic carbocycles. The standard InChI is InChI=1S/C13H9F3N2O4/c14-13(15,16)6-1-3-7(4-2-6)18-5-8(11(19)20)9(17)10(18)12(21)22/h1-5H,17H2,(H,19,20)(H,21,22). The molecule has 0 unspecified atom stereocenters. The number of nitrogens with two attached hydrogens (primary N) is 1. The highest BCUT2D eigenvalue weighted by Gasteiger charge is 2.30. The van der Waals surface area contributed by atoms with E-state index in [4.69, 9.17) is 15.9 Å². The van der Waals surface area contributed by atoms with Gasteiger partial charge in [-0.15, -0.1) is 0 Å². The number of halogens is 3. The molecule has 0 bridgehead atoms. The molecule has 4 N–H and O–H groups in total. The summed E-state index contributed by atoms with van der Waals surface area (Å²) >= 11 is 0. The van der Waals surface area contributed by atoms with E-state index in [1.54, 1.807) is 0 Å². The Hall–Kier alpha value is -2.97. The fourth-order valence-electron chi connectivity index (χ4n) is 1.92. The summed E-state index contributed by atoms with van der Waals surface area (Å²) in [4.78, 5) is 22.2. The molecule has 1 heterocycles. The zero-order valence-electron chi connectivity index (χ0n) is 10.8. The number of nitrogen functional groups attached to an aromatic ring is 1. The van der Waals surface area contributed by atoms with Crippen LogP contribution in [-0.4, -0.2) is 26.7 Å². The molecule has 0 amide bonds. The number of anilines is 1. The molecular formula is C13H9F3N2O4. The fraction of sp³-hybridized carbons (Fsp3) is 0.0769. The van der Waals surface area contributed by atoms with Crippen molar-refractivity contribution in [3.05, 3.63) is 47.3 Å². The van der Waals surface area contributed by atoms with E-state index >= 15 is 0 Å². The maximum Gasteiger partial charge on any atom is 0.416 e. The molecule has 116 valence electrons. The van der Waals surface area contributed by atoms with E-state index in [9.17, 15) is 22.8 Å². The highest BCUT2D eigenvalue weighted by molar-refractivity contribution is 6.02. The summed E-state index contributed by atoms with van der Waals surface area (Å²) < 4.78 is 38.4. The van der Waals surface area contributed by atoms with Gasteiger partial charge in [-0.05, 0) is 24.3 Å². The van der Waals surface area contributed by atoms with Crippen LogP contribution in [0.2, 0.25) is 0 Å². The zero-order valence-corrected chi connectivity index (χ0v) is 10.8. The number of benzene rings is 1. The summed E-state index contributed by atoms with van der Waals surface area (Å²) in [5.74, 6) is -2.93. The summed E-state index contributed by atoms with van der Waals surface area (Å²) in [6.45, 7) is 0. The first-order valence-corrected chi connectivity index (χ1v) is 5.78. The van der Waals surface area contributed by atoms with Crippen LogP contribution >= 0.6 is 0 Å². The molecule has 0 fully saturated rings. The molecule has 2 rings (SSSR count). The number of rotatable bonds is 3. The van der Waals surface area contributed by atoms with Crippen molar-refractivity contribution in [1.82, 2.24) is 4.57 Å². The third-order valence-electron chi connectivity index (χ3n) is 2.95. The second-order valence-corrected chi connectivity index (χ2v) is 4.33. The normalized spacial score (nSPS) is 11.4. The number of carboxylic acids is 2. The van der Waals surface area contributed by atoms with Crippen molar-refractivity contribution in [1.29, 1.82) is 0 Å². The molecule has 0 aliphatic rings. The van der Waals surface area contributed by atoms with Gasteiger partial charge in [-0.3, -0.25) is 0 Å². The quantitative estimate of drug-likeness (QED) is 0.807. The zero-order chi connectivity index (χ0) is 16.7. The minimum absolute atomic E-state index is 0.0459. The number of alkyl halides is 3. The first-order valence-electron chi connectivity index (χ1n) is 5.78. The van der Waals surface area contributed by atoms with E-state index in [0.29, 0.717) is 0 Å². The van der Waals surface area contributed by atoms with E-state index in [-0.39, 0.29) is 5.69 Å². The summed E-state index contributed by atoms with van der Waals surface area (Å²) in [6, 6.07) is 3.58. The Labute approximate surface area is 121 Å². The predicted molar refractivity (Wildman–Crippen MR) is 69.1 cm³/mol. The third-order valence-corrected chi connectivity index (χ3v) is 2.95. The second-order valence-electron chi connectivity index (χ2n) is 4.33. The highest BCUT2D eigenvalue weighted by Crippen LogP contribution is 2.31. The van der Waals surface area contributed by atoms with Crippen molar-refractivity contribution in [2.45, 2.75) is 6.18 Å². The lowest BCUT2D eigenvalue weighted by molar-refractivity contribution is -0.137. The van der Waals surface area contributed by atoms with Crippen molar-refractivity contribution in [2.75, 3.05) is 5.73 Å². The van der Waals surface area contributed by atoms with Gasteiger partial charge >= 0.3 is 18.1 Å². The Morgan fingerprint density at radius 1 is 1.05 bits per heavy atom. The van der Waals surface area contributed by atoms with Gasteiger partial charge in [0.15, 0.2) is 5.69 Å². The smallest absolute Gasteiger partial charge is 0.416 e. The first kappa shape index (κ1) is 15.4. The number of nitrogens with zero attached hydrogens (tertiary/aromatic N) is 1. The van der Waals surface area contributed by atoms with Crippen molar-refractivity contribution in [3.63, 3.8) is 0 Å². The lowest BCUT2D eigenvalue weighted by Crippen LogP contribution is -2.09. The maximum absolute atomic E-state index is 12.5. The van der Waals surface area contributed by atoms with Crippen molar-refractivity contribution >= 4 is 17.6 Å². The summed E-state index contributed by atoms with van der Waals surface area (Å²) in [5.41, 5.74) is 3.17. The number of aromatic carboxylic acids is 2. The molecular weight excluding hydrogens is 305 g/mol. The van der Waals surface area contributed by atoms with E-state index in [0.717, 1.165) is 35.0 Å². The van der Waals surface area contributed by atoms with E-state index < -0.39 is 40.6 Å². The van der Waals surface area contributed by atoms with E-state index in [1.165, 1.54) is 0 Å². The number of carboxylic acid groups (broad SMARTS) is 2. The molecule has 1 aromatic heterocycles.